The molecule has 1 N–H and O–H groups in total. The lowest BCUT2D eigenvalue weighted by Gasteiger charge is -2.26. The molecule has 0 saturated carbocycles. The minimum atomic E-state index is -0.0922. The average molecular weight is 340 g/mol. The lowest BCUT2D eigenvalue weighted by Crippen LogP contribution is -2.34. The van der Waals surface area contributed by atoms with E-state index in [-0.39, 0.29) is 12.1 Å². The van der Waals surface area contributed by atoms with Gasteiger partial charge in [-0.2, -0.15) is 0 Å². The van der Waals surface area contributed by atoms with E-state index in [1.165, 1.54) is 0 Å². The summed E-state index contributed by atoms with van der Waals surface area (Å²) in [6.07, 6.45) is 1.96. The van der Waals surface area contributed by atoms with Crippen LogP contribution < -0.4 is 14.8 Å². The molecule has 2 aromatic rings. The van der Waals surface area contributed by atoms with E-state index in [0.717, 1.165) is 30.7 Å². The SMILES string of the molecule is CCOc1ccccc1NC(=O)N1CCCC1c1ccc(OC)cc1. The monoisotopic (exact) mass is 340 g/mol. The number of anilines is 1. The fourth-order valence-corrected chi connectivity index (χ4v) is 3.22. The number of ether oxygens (including phenoxy) is 2. The Labute approximate surface area is 148 Å². The van der Waals surface area contributed by atoms with Gasteiger partial charge >= 0.3 is 6.03 Å². The van der Waals surface area contributed by atoms with E-state index < -0.39 is 0 Å². The van der Waals surface area contributed by atoms with Crippen LogP contribution >= 0.6 is 0 Å². The predicted molar refractivity (Wildman–Crippen MR) is 98.3 cm³/mol. The van der Waals surface area contributed by atoms with Gasteiger partial charge in [0.15, 0.2) is 0 Å². The number of para-hydroxylation sites is 2. The second-order valence-corrected chi connectivity index (χ2v) is 5.98. The Kier molecular flexibility index (Phi) is 5.43. The zero-order chi connectivity index (χ0) is 17.6. The summed E-state index contributed by atoms with van der Waals surface area (Å²) >= 11 is 0. The maximum atomic E-state index is 12.8. The third-order valence-electron chi connectivity index (χ3n) is 4.44. The second kappa shape index (κ2) is 7.92. The highest BCUT2D eigenvalue weighted by molar-refractivity contribution is 5.91. The fraction of sp³-hybridized carbons (Fsp3) is 0.350. The quantitative estimate of drug-likeness (QED) is 0.874. The number of likely N-dealkylation sites (tertiary alicyclic amines) is 1. The largest absolute Gasteiger partial charge is 0.497 e. The van der Waals surface area contributed by atoms with Gasteiger partial charge in [-0.15, -0.1) is 0 Å². The zero-order valence-corrected chi connectivity index (χ0v) is 14.7. The van der Waals surface area contributed by atoms with Crippen LogP contribution in [0.5, 0.6) is 11.5 Å². The number of urea groups is 1. The first kappa shape index (κ1) is 17.1. The van der Waals surface area contributed by atoms with Gasteiger partial charge in [-0.1, -0.05) is 24.3 Å². The molecule has 1 fully saturated rings. The standard InChI is InChI=1S/C20H24N2O3/c1-3-25-19-9-5-4-7-17(19)21-20(23)22-14-6-8-18(22)15-10-12-16(24-2)13-11-15/h4-5,7,9-13,18H,3,6,8,14H2,1-2H3,(H,21,23). The van der Waals surface area contributed by atoms with Crippen LogP contribution in [-0.4, -0.2) is 31.2 Å². The van der Waals surface area contributed by atoms with Crippen LogP contribution in [-0.2, 0) is 0 Å². The number of carbonyl (C=O) groups is 1. The van der Waals surface area contributed by atoms with E-state index in [2.05, 4.69) is 5.32 Å². The summed E-state index contributed by atoms with van der Waals surface area (Å²) in [5.74, 6) is 1.52. The normalized spacial score (nSPS) is 16.6. The summed E-state index contributed by atoms with van der Waals surface area (Å²) < 4.78 is 10.8. The molecule has 0 aromatic heterocycles. The summed E-state index contributed by atoms with van der Waals surface area (Å²) in [5, 5.41) is 3.00. The van der Waals surface area contributed by atoms with Gasteiger partial charge in [0.1, 0.15) is 11.5 Å². The van der Waals surface area contributed by atoms with E-state index in [4.69, 9.17) is 9.47 Å². The number of methoxy groups -OCH3 is 1. The minimum Gasteiger partial charge on any atom is -0.497 e. The maximum Gasteiger partial charge on any atom is 0.322 e. The molecule has 0 bridgehead atoms. The van der Waals surface area contributed by atoms with E-state index in [1.807, 2.05) is 60.4 Å². The summed E-state index contributed by atoms with van der Waals surface area (Å²) in [4.78, 5) is 14.7. The van der Waals surface area contributed by atoms with E-state index in [0.29, 0.717) is 18.0 Å². The molecule has 1 aliphatic rings. The molecule has 3 rings (SSSR count). The minimum absolute atomic E-state index is 0.0881. The molecule has 1 unspecified atom stereocenters. The number of nitrogens with one attached hydrogen (secondary N) is 1. The zero-order valence-electron chi connectivity index (χ0n) is 14.7. The summed E-state index contributed by atoms with van der Waals surface area (Å²) in [5.41, 5.74) is 1.83. The van der Waals surface area contributed by atoms with E-state index >= 15 is 0 Å². The highest BCUT2D eigenvalue weighted by Crippen LogP contribution is 2.34. The molecule has 132 valence electrons. The molecule has 5 heteroatoms. The van der Waals surface area contributed by atoms with Gasteiger partial charge in [0, 0.05) is 6.54 Å². The molecule has 2 aromatic carbocycles. The summed E-state index contributed by atoms with van der Waals surface area (Å²) in [7, 11) is 1.65. The Balaban J connectivity index is 1.74. The number of nitrogens with zero attached hydrogens (tertiary/aromatic N) is 1. The van der Waals surface area contributed by atoms with Crippen molar-refractivity contribution < 1.29 is 14.3 Å². The van der Waals surface area contributed by atoms with Gasteiger partial charge < -0.3 is 19.7 Å². The van der Waals surface area contributed by atoms with Crippen molar-refractivity contribution >= 4 is 11.7 Å². The fourth-order valence-electron chi connectivity index (χ4n) is 3.22. The van der Waals surface area contributed by atoms with Crippen LogP contribution in [0.25, 0.3) is 0 Å². The molecule has 1 aliphatic heterocycles. The Morgan fingerprint density at radius 1 is 1.20 bits per heavy atom. The van der Waals surface area contributed by atoms with Gasteiger partial charge in [0.25, 0.3) is 0 Å². The molecule has 0 aliphatic carbocycles. The van der Waals surface area contributed by atoms with Gasteiger partial charge in [0.2, 0.25) is 0 Å². The lowest BCUT2D eigenvalue weighted by molar-refractivity contribution is 0.207. The highest BCUT2D eigenvalue weighted by atomic mass is 16.5. The molecular formula is C20H24N2O3. The number of rotatable bonds is 5. The first-order valence-electron chi connectivity index (χ1n) is 8.66. The van der Waals surface area contributed by atoms with Crippen molar-refractivity contribution in [3.05, 3.63) is 54.1 Å². The molecule has 1 saturated heterocycles. The molecule has 0 spiro atoms. The Bertz CT molecular complexity index is 715. The van der Waals surface area contributed by atoms with Crippen LogP contribution in [0.4, 0.5) is 10.5 Å². The Morgan fingerprint density at radius 3 is 2.68 bits per heavy atom. The summed E-state index contributed by atoms with van der Waals surface area (Å²) in [6.45, 7) is 3.24. The topological polar surface area (TPSA) is 50.8 Å². The number of hydrogen-bond acceptors (Lipinski definition) is 3. The van der Waals surface area contributed by atoms with E-state index in [9.17, 15) is 4.79 Å². The molecule has 2 amide bonds. The van der Waals surface area contributed by atoms with Crippen LogP contribution in [0.1, 0.15) is 31.4 Å². The third-order valence-corrected chi connectivity index (χ3v) is 4.44. The molecule has 5 nitrogen and oxygen atoms in total. The van der Waals surface area contributed by atoms with Crippen LogP contribution in [0.2, 0.25) is 0 Å². The van der Waals surface area contributed by atoms with Gasteiger partial charge in [-0.3, -0.25) is 0 Å². The molecular weight excluding hydrogens is 316 g/mol. The molecule has 0 radical (unpaired) electrons. The average Bonchev–Trinajstić information content (AvgIpc) is 3.13. The van der Waals surface area contributed by atoms with Crippen molar-refractivity contribution in [3.8, 4) is 11.5 Å². The lowest BCUT2D eigenvalue weighted by atomic mass is 10.0. The van der Waals surface area contributed by atoms with Crippen molar-refractivity contribution in [3.63, 3.8) is 0 Å². The van der Waals surface area contributed by atoms with Gasteiger partial charge in [-0.25, -0.2) is 4.79 Å². The highest BCUT2D eigenvalue weighted by Gasteiger charge is 2.30. The number of amides is 2. The van der Waals surface area contributed by atoms with Crippen molar-refractivity contribution in [1.82, 2.24) is 4.90 Å². The van der Waals surface area contributed by atoms with Gasteiger partial charge in [0.05, 0.1) is 25.4 Å². The van der Waals surface area contributed by atoms with Crippen LogP contribution in [0.15, 0.2) is 48.5 Å². The van der Waals surface area contributed by atoms with Crippen molar-refractivity contribution in [2.45, 2.75) is 25.8 Å². The Hall–Kier alpha value is -2.69. The number of hydrogen-bond donors (Lipinski definition) is 1. The predicted octanol–water partition coefficient (Wildman–Crippen LogP) is 4.46. The maximum absolute atomic E-state index is 12.8. The van der Waals surface area contributed by atoms with Gasteiger partial charge in [-0.05, 0) is 49.6 Å². The van der Waals surface area contributed by atoms with Crippen LogP contribution in [0.3, 0.4) is 0 Å². The first-order valence-corrected chi connectivity index (χ1v) is 8.66. The first-order chi connectivity index (χ1) is 12.2. The number of benzene rings is 2. The second-order valence-electron chi connectivity index (χ2n) is 5.98. The van der Waals surface area contributed by atoms with Crippen molar-refractivity contribution in [1.29, 1.82) is 0 Å². The van der Waals surface area contributed by atoms with Crippen molar-refractivity contribution in [2.75, 3.05) is 25.6 Å². The van der Waals surface area contributed by atoms with Crippen LogP contribution in [0, 0.1) is 0 Å². The molecule has 1 heterocycles. The summed E-state index contributed by atoms with van der Waals surface area (Å²) in [6, 6.07) is 15.5. The van der Waals surface area contributed by atoms with Crippen molar-refractivity contribution in [2.24, 2.45) is 0 Å². The smallest absolute Gasteiger partial charge is 0.322 e. The molecule has 1 atom stereocenters. The third kappa shape index (κ3) is 3.87. The van der Waals surface area contributed by atoms with E-state index in [1.54, 1.807) is 7.11 Å². The molecule has 25 heavy (non-hydrogen) atoms. The Morgan fingerprint density at radius 2 is 1.96 bits per heavy atom. The number of carbonyl (C=O) groups excluding carboxylic acids is 1.